The number of nitrogens with two attached hydrogens (primary N) is 1. The third-order valence-corrected chi connectivity index (χ3v) is 5.41. The number of thiazole rings is 1. The fourth-order valence-electron chi connectivity index (χ4n) is 2.67. The molecule has 1 amide bonds. The number of aromatic nitrogens is 1. The SMILES string of the molecule is CSc1cccc(CN(C)C(=O)c2cc(C)c3nc(N)sc3c2)c1. The fourth-order valence-corrected chi connectivity index (χ4v) is 4.01. The molecule has 0 saturated heterocycles. The van der Waals surface area contributed by atoms with E-state index in [0.29, 0.717) is 17.2 Å². The maximum absolute atomic E-state index is 12.8. The van der Waals surface area contributed by atoms with E-state index < -0.39 is 0 Å². The van der Waals surface area contributed by atoms with Gasteiger partial charge in [-0.3, -0.25) is 4.79 Å². The molecule has 3 aromatic rings. The molecule has 1 aromatic heterocycles. The molecular formula is C18H19N3OS2. The highest BCUT2D eigenvalue weighted by Gasteiger charge is 2.15. The molecule has 2 N–H and O–H groups in total. The Labute approximate surface area is 149 Å². The Morgan fingerprint density at radius 2 is 2.12 bits per heavy atom. The van der Waals surface area contributed by atoms with Crippen molar-refractivity contribution in [3.05, 3.63) is 53.1 Å². The van der Waals surface area contributed by atoms with E-state index >= 15 is 0 Å². The van der Waals surface area contributed by atoms with Gasteiger partial charge in [0, 0.05) is 24.1 Å². The molecule has 0 spiro atoms. The van der Waals surface area contributed by atoms with Crippen molar-refractivity contribution in [1.82, 2.24) is 9.88 Å². The number of rotatable bonds is 4. The standard InChI is InChI=1S/C18H19N3OS2/c1-11-7-13(9-15-16(11)20-18(19)24-15)17(22)21(2)10-12-5-4-6-14(8-12)23-3/h4-9H,10H2,1-3H3,(H2,19,20). The summed E-state index contributed by atoms with van der Waals surface area (Å²) in [6, 6.07) is 12.0. The number of hydrogen-bond donors (Lipinski definition) is 1. The zero-order valence-electron chi connectivity index (χ0n) is 13.9. The number of anilines is 1. The van der Waals surface area contributed by atoms with Gasteiger partial charge in [0.25, 0.3) is 5.91 Å². The van der Waals surface area contributed by atoms with Crippen molar-refractivity contribution in [1.29, 1.82) is 0 Å². The van der Waals surface area contributed by atoms with Crippen molar-refractivity contribution in [2.24, 2.45) is 0 Å². The van der Waals surface area contributed by atoms with Crippen molar-refractivity contribution in [2.45, 2.75) is 18.4 Å². The molecule has 0 unspecified atom stereocenters. The van der Waals surface area contributed by atoms with E-state index in [2.05, 4.69) is 17.1 Å². The van der Waals surface area contributed by atoms with E-state index in [-0.39, 0.29) is 5.91 Å². The number of thioether (sulfide) groups is 1. The maximum Gasteiger partial charge on any atom is 0.253 e. The molecule has 0 aliphatic carbocycles. The Kier molecular flexibility index (Phi) is 4.78. The van der Waals surface area contributed by atoms with Gasteiger partial charge in [-0.15, -0.1) is 11.8 Å². The first-order chi connectivity index (χ1) is 11.5. The van der Waals surface area contributed by atoms with Crippen LogP contribution in [0.25, 0.3) is 10.2 Å². The highest BCUT2D eigenvalue weighted by Crippen LogP contribution is 2.28. The molecule has 0 saturated carbocycles. The molecule has 3 rings (SSSR count). The average Bonchev–Trinajstić information content (AvgIpc) is 2.95. The van der Waals surface area contributed by atoms with E-state index in [1.807, 2.05) is 44.5 Å². The first-order valence-electron chi connectivity index (χ1n) is 7.53. The Morgan fingerprint density at radius 1 is 1.33 bits per heavy atom. The van der Waals surface area contributed by atoms with E-state index in [9.17, 15) is 4.79 Å². The molecule has 0 radical (unpaired) electrons. The Hall–Kier alpha value is -2.05. The zero-order chi connectivity index (χ0) is 17.3. The number of aryl methyl sites for hydroxylation is 1. The maximum atomic E-state index is 12.8. The van der Waals surface area contributed by atoms with Crippen molar-refractivity contribution < 1.29 is 4.79 Å². The molecule has 124 valence electrons. The van der Waals surface area contributed by atoms with Crippen LogP contribution >= 0.6 is 23.1 Å². The van der Waals surface area contributed by atoms with Crippen molar-refractivity contribution in [2.75, 3.05) is 19.0 Å². The summed E-state index contributed by atoms with van der Waals surface area (Å²) < 4.78 is 0.952. The van der Waals surface area contributed by atoms with Gasteiger partial charge in [0.05, 0.1) is 10.2 Å². The van der Waals surface area contributed by atoms with Crippen LogP contribution in [0.15, 0.2) is 41.3 Å². The predicted octanol–water partition coefficient (Wildman–Crippen LogP) is 4.18. The second kappa shape index (κ2) is 6.83. The van der Waals surface area contributed by atoms with Crippen LogP contribution in [0.4, 0.5) is 5.13 Å². The summed E-state index contributed by atoms with van der Waals surface area (Å²) in [6.07, 6.45) is 2.05. The van der Waals surface area contributed by atoms with Gasteiger partial charge in [0.15, 0.2) is 5.13 Å². The lowest BCUT2D eigenvalue weighted by Gasteiger charge is -2.18. The smallest absolute Gasteiger partial charge is 0.253 e. The van der Waals surface area contributed by atoms with Crippen LogP contribution < -0.4 is 5.73 Å². The van der Waals surface area contributed by atoms with Crippen molar-refractivity contribution in [3.63, 3.8) is 0 Å². The number of benzene rings is 2. The normalized spacial score (nSPS) is 11.0. The third kappa shape index (κ3) is 3.39. The first kappa shape index (κ1) is 16.8. The summed E-state index contributed by atoms with van der Waals surface area (Å²) in [5.41, 5.74) is 9.43. The number of carbonyl (C=O) groups excluding carboxylic acids is 1. The minimum Gasteiger partial charge on any atom is -0.375 e. The van der Waals surface area contributed by atoms with Crippen molar-refractivity contribution in [3.8, 4) is 0 Å². The van der Waals surface area contributed by atoms with Crippen LogP contribution in [-0.4, -0.2) is 29.1 Å². The number of carbonyl (C=O) groups is 1. The minimum atomic E-state index is 0.00141. The van der Waals surface area contributed by atoms with Crippen LogP contribution in [0.5, 0.6) is 0 Å². The molecule has 0 aliphatic heterocycles. The van der Waals surface area contributed by atoms with Crippen LogP contribution in [0.3, 0.4) is 0 Å². The lowest BCUT2D eigenvalue weighted by molar-refractivity contribution is 0.0785. The third-order valence-electron chi connectivity index (χ3n) is 3.85. The van der Waals surface area contributed by atoms with E-state index in [1.165, 1.54) is 16.2 Å². The van der Waals surface area contributed by atoms with Crippen LogP contribution in [0.1, 0.15) is 21.5 Å². The van der Waals surface area contributed by atoms with Gasteiger partial charge in [0.1, 0.15) is 0 Å². The molecule has 24 heavy (non-hydrogen) atoms. The predicted molar refractivity (Wildman–Crippen MR) is 103 cm³/mol. The lowest BCUT2D eigenvalue weighted by Crippen LogP contribution is -2.26. The van der Waals surface area contributed by atoms with Gasteiger partial charge in [-0.05, 0) is 48.6 Å². The average molecular weight is 358 g/mol. The van der Waals surface area contributed by atoms with Gasteiger partial charge in [0.2, 0.25) is 0 Å². The van der Waals surface area contributed by atoms with Crippen LogP contribution in [0.2, 0.25) is 0 Å². The number of fused-ring (bicyclic) bond motifs is 1. The largest absolute Gasteiger partial charge is 0.375 e. The summed E-state index contributed by atoms with van der Waals surface area (Å²) >= 11 is 3.11. The quantitative estimate of drug-likeness (QED) is 0.712. The Morgan fingerprint density at radius 3 is 2.88 bits per heavy atom. The molecule has 2 aromatic carbocycles. The summed E-state index contributed by atoms with van der Waals surface area (Å²) in [4.78, 5) is 20.0. The van der Waals surface area contributed by atoms with Crippen LogP contribution in [0, 0.1) is 6.92 Å². The molecule has 0 fully saturated rings. The zero-order valence-corrected chi connectivity index (χ0v) is 15.5. The molecule has 4 nitrogen and oxygen atoms in total. The van der Waals surface area contributed by atoms with Crippen molar-refractivity contribution >= 4 is 44.4 Å². The number of nitrogen functional groups attached to an aromatic ring is 1. The second-order valence-electron chi connectivity index (χ2n) is 5.70. The van der Waals surface area contributed by atoms with E-state index in [0.717, 1.165) is 21.3 Å². The van der Waals surface area contributed by atoms with Gasteiger partial charge >= 0.3 is 0 Å². The topological polar surface area (TPSA) is 59.2 Å². The number of hydrogen-bond acceptors (Lipinski definition) is 5. The summed E-state index contributed by atoms with van der Waals surface area (Å²) in [5.74, 6) is 0.00141. The summed E-state index contributed by atoms with van der Waals surface area (Å²) in [6.45, 7) is 2.54. The molecule has 0 aliphatic rings. The summed E-state index contributed by atoms with van der Waals surface area (Å²) in [5, 5.41) is 0.528. The number of nitrogens with zero attached hydrogens (tertiary/aromatic N) is 2. The highest BCUT2D eigenvalue weighted by molar-refractivity contribution is 7.98. The number of amides is 1. The minimum absolute atomic E-state index is 0.00141. The van der Waals surface area contributed by atoms with Gasteiger partial charge < -0.3 is 10.6 Å². The second-order valence-corrected chi connectivity index (χ2v) is 7.65. The van der Waals surface area contributed by atoms with E-state index in [4.69, 9.17) is 5.73 Å². The monoisotopic (exact) mass is 357 g/mol. The van der Waals surface area contributed by atoms with Gasteiger partial charge in [-0.1, -0.05) is 23.5 Å². The van der Waals surface area contributed by atoms with E-state index in [1.54, 1.807) is 16.7 Å². The molecular weight excluding hydrogens is 338 g/mol. The Bertz CT molecular complexity index is 904. The Balaban J connectivity index is 1.85. The summed E-state index contributed by atoms with van der Waals surface area (Å²) in [7, 11) is 1.83. The molecule has 0 atom stereocenters. The molecule has 0 bridgehead atoms. The highest BCUT2D eigenvalue weighted by atomic mass is 32.2. The van der Waals surface area contributed by atoms with Gasteiger partial charge in [-0.2, -0.15) is 0 Å². The van der Waals surface area contributed by atoms with Crippen LogP contribution in [-0.2, 0) is 6.54 Å². The molecule has 6 heteroatoms. The lowest BCUT2D eigenvalue weighted by atomic mass is 10.1. The first-order valence-corrected chi connectivity index (χ1v) is 9.57. The van der Waals surface area contributed by atoms with Gasteiger partial charge in [-0.25, -0.2) is 4.98 Å². The fraction of sp³-hybridized carbons (Fsp3) is 0.222. The molecule has 1 heterocycles.